The van der Waals surface area contributed by atoms with Crippen LogP contribution in [-0.2, 0) is 9.53 Å². The second kappa shape index (κ2) is 3.70. The van der Waals surface area contributed by atoms with Gasteiger partial charge in [0.1, 0.15) is 6.10 Å². The Bertz CT molecular complexity index is 439. The largest absolute Gasteiger partial charge is 0.456 e. The SMILES string of the molecule is C=C1C(=O)OC2C1CC1C(=C)CCCC1(C)C2O. The molecule has 98 valence electrons. The summed E-state index contributed by atoms with van der Waals surface area (Å²) in [6, 6.07) is 0. The molecular weight excluding hydrogens is 228 g/mol. The van der Waals surface area contributed by atoms with Gasteiger partial charge < -0.3 is 9.84 Å². The molecule has 3 rings (SSSR count). The molecule has 0 aromatic heterocycles. The van der Waals surface area contributed by atoms with Crippen LogP contribution < -0.4 is 0 Å². The average Bonchev–Trinajstić information content (AvgIpc) is 2.60. The monoisotopic (exact) mass is 248 g/mol. The first-order valence-corrected chi connectivity index (χ1v) is 6.70. The molecule has 3 aliphatic rings. The van der Waals surface area contributed by atoms with Crippen LogP contribution in [0.5, 0.6) is 0 Å². The molecule has 3 heteroatoms. The fourth-order valence-corrected chi connectivity index (χ4v) is 4.12. The van der Waals surface area contributed by atoms with Crippen LogP contribution in [0, 0.1) is 17.3 Å². The van der Waals surface area contributed by atoms with Gasteiger partial charge >= 0.3 is 5.97 Å². The van der Waals surface area contributed by atoms with Crippen molar-refractivity contribution in [2.24, 2.45) is 17.3 Å². The molecule has 0 spiro atoms. The van der Waals surface area contributed by atoms with E-state index >= 15 is 0 Å². The lowest BCUT2D eigenvalue weighted by atomic mass is 9.54. The summed E-state index contributed by atoms with van der Waals surface area (Å²) in [6.45, 7) is 10.1. The number of carbonyl (C=O) groups excluding carboxylic acids is 1. The van der Waals surface area contributed by atoms with E-state index in [1.54, 1.807) is 0 Å². The number of rotatable bonds is 0. The number of hydrogen-bond acceptors (Lipinski definition) is 3. The molecular formula is C15H20O3. The van der Waals surface area contributed by atoms with Crippen molar-refractivity contribution in [3.8, 4) is 0 Å². The van der Waals surface area contributed by atoms with E-state index < -0.39 is 12.2 Å². The minimum atomic E-state index is -0.596. The van der Waals surface area contributed by atoms with Gasteiger partial charge in [0.2, 0.25) is 0 Å². The highest BCUT2D eigenvalue weighted by Gasteiger charge is 2.58. The Kier molecular flexibility index (Phi) is 2.46. The Morgan fingerprint density at radius 1 is 1.44 bits per heavy atom. The van der Waals surface area contributed by atoms with Crippen LogP contribution in [0.25, 0.3) is 0 Å². The predicted molar refractivity (Wildman–Crippen MR) is 67.7 cm³/mol. The van der Waals surface area contributed by atoms with Crippen molar-refractivity contribution in [3.05, 3.63) is 24.3 Å². The Labute approximate surface area is 108 Å². The van der Waals surface area contributed by atoms with Crippen LogP contribution in [0.2, 0.25) is 0 Å². The lowest BCUT2D eigenvalue weighted by Gasteiger charge is -2.52. The highest BCUT2D eigenvalue weighted by molar-refractivity contribution is 5.91. The van der Waals surface area contributed by atoms with Gasteiger partial charge in [0.25, 0.3) is 0 Å². The van der Waals surface area contributed by atoms with E-state index in [-0.39, 0.29) is 23.2 Å². The van der Waals surface area contributed by atoms with E-state index in [2.05, 4.69) is 20.1 Å². The molecule has 0 bridgehead atoms. The summed E-state index contributed by atoms with van der Waals surface area (Å²) in [5, 5.41) is 10.6. The van der Waals surface area contributed by atoms with Crippen LogP contribution in [0.3, 0.4) is 0 Å². The summed E-state index contributed by atoms with van der Waals surface area (Å²) in [5.41, 5.74) is 1.55. The van der Waals surface area contributed by atoms with Gasteiger partial charge in [-0.05, 0) is 31.6 Å². The van der Waals surface area contributed by atoms with Crippen molar-refractivity contribution < 1.29 is 14.6 Å². The third-order valence-electron chi connectivity index (χ3n) is 5.33. The van der Waals surface area contributed by atoms with Gasteiger partial charge in [-0.25, -0.2) is 4.79 Å². The molecule has 18 heavy (non-hydrogen) atoms. The van der Waals surface area contributed by atoms with Gasteiger partial charge in [0.05, 0.1) is 6.10 Å². The minimum Gasteiger partial charge on any atom is -0.456 e. The highest BCUT2D eigenvalue weighted by Crippen LogP contribution is 2.56. The normalized spacial score (nSPS) is 47.6. The maximum atomic E-state index is 11.6. The Hall–Kier alpha value is -1.09. The van der Waals surface area contributed by atoms with Gasteiger partial charge in [-0.3, -0.25) is 0 Å². The average molecular weight is 248 g/mol. The standard InChI is InChI=1S/C15H20O3/c1-8-5-4-6-15(3)11(8)7-10-9(2)14(17)18-12(10)13(15)16/h10-13,16H,1-2,4-7H2,3H3. The summed E-state index contributed by atoms with van der Waals surface area (Å²) in [5.74, 6) is -0.0777. The Morgan fingerprint density at radius 3 is 2.89 bits per heavy atom. The number of aliphatic hydroxyl groups excluding tert-OH is 1. The molecule has 2 saturated carbocycles. The molecule has 3 fully saturated rings. The second-order valence-corrected chi connectivity index (χ2v) is 6.25. The number of aliphatic hydroxyl groups is 1. The zero-order valence-corrected chi connectivity index (χ0v) is 10.8. The predicted octanol–water partition coefficient (Wildman–Crippen LogP) is 2.21. The van der Waals surface area contributed by atoms with E-state index in [9.17, 15) is 9.90 Å². The van der Waals surface area contributed by atoms with Crippen LogP contribution in [0.4, 0.5) is 0 Å². The first-order valence-electron chi connectivity index (χ1n) is 6.70. The van der Waals surface area contributed by atoms with Gasteiger partial charge in [0, 0.05) is 16.9 Å². The minimum absolute atomic E-state index is 0.0274. The lowest BCUT2D eigenvalue weighted by molar-refractivity contribution is -0.161. The van der Waals surface area contributed by atoms with Crippen molar-refractivity contribution in [1.82, 2.24) is 0 Å². The van der Waals surface area contributed by atoms with E-state index in [1.807, 2.05) is 0 Å². The summed E-state index contributed by atoms with van der Waals surface area (Å²) < 4.78 is 5.32. The highest BCUT2D eigenvalue weighted by atomic mass is 16.6. The molecule has 5 unspecified atom stereocenters. The van der Waals surface area contributed by atoms with Crippen LogP contribution in [0.15, 0.2) is 24.3 Å². The summed E-state index contributed by atoms with van der Waals surface area (Å²) >= 11 is 0. The first kappa shape index (κ1) is 12.0. The van der Waals surface area contributed by atoms with Gasteiger partial charge in [-0.2, -0.15) is 0 Å². The molecule has 1 aliphatic heterocycles. The molecule has 1 saturated heterocycles. The van der Waals surface area contributed by atoms with E-state index in [0.29, 0.717) is 5.57 Å². The van der Waals surface area contributed by atoms with Crippen molar-refractivity contribution in [2.75, 3.05) is 0 Å². The number of hydrogen-bond donors (Lipinski definition) is 1. The molecule has 0 radical (unpaired) electrons. The number of esters is 1. The number of ether oxygens (including phenoxy) is 1. The third kappa shape index (κ3) is 1.37. The molecule has 1 N–H and O–H groups in total. The number of allylic oxidation sites excluding steroid dienone is 1. The molecule has 0 amide bonds. The van der Waals surface area contributed by atoms with Crippen molar-refractivity contribution in [3.63, 3.8) is 0 Å². The van der Waals surface area contributed by atoms with Crippen molar-refractivity contribution in [2.45, 2.75) is 44.8 Å². The maximum absolute atomic E-state index is 11.6. The number of carbonyl (C=O) groups is 1. The smallest absolute Gasteiger partial charge is 0.334 e. The van der Waals surface area contributed by atoms with Crippen LogP contribution in [0.1, 0.15) is 32.6 Å². The molecule has 2 aliphatic carbocycles. The molecule has 0 aromatic carbocycles. The van der Waals surface area contributed by atoms with Crippen molar-refractivity contribution >= 4 is 5.97 Å². The van der Waals surface area contributed by atoms with Crippen LogP contribution >= 0.6 is 0 Å². The van der Waals surface area contributed by atoms with Crippen molar-refractivity contribution in [1.29, 1.82) is 0 Å². The topological polar surface area (TPSA) is 46.5 Å². The molecule has 3 nitrogen and oxygen atoms in total. The maximum Gasteiger partial charge on any atom is 0.334 e. The lowest BCUT2D eigenvalue weighted by Crippen LogP contribution is -2.54. The first-order chi connectivity index (χ1) is 8.45. The molecule has 5 atom stereocenters. The summed E-state index contributed by atoms with van der Waals surface area (Å²) in [6.07, 6.45) is 2.94. The summed E-state index contributed by atoms with van der Waals surface area (Å²) in [7, 11) is 0. The van der Waals surface area contributed by atoms with Gasteiger partial charge in [-0.15, -0.1) is 0 Å². The van der Waals surface area contributed by atoms with E-state index in [0.717, 1.165) is 25.7 Å². The molecule has 1 heterocycles. The number of fused-ring (bicyclic) bond motifs is 2. The molecule has 0 aromatic rings. The fraction of sp³-hybridized carbons (Fsp3) is 0.667. The van der Waals surface area contributed by atoms with Gasteiger partial charge in [-0.1, -0.05) is 25.7 Å². The van der Waals surface area contributed by atoms with Gasteiger partial charge in [0.15, 0.2) is 0 Å². The Morgan fingerprint density at radius 2 is 2.17 bits per heavy atom. The fourth-order valence-electron chi connectivity index (χ4n) is 4.12. The van der Waals surface area contributed by atoms with E-state index in [4.69, 9.17) is 4.74 Å². The van der Waals surface area contributed by atoms with Crippen LogP contribution in [-0.4, -0.2) is 23.3 Å². The second-order valence-electron chi connectivity index (χ2n) is 6.25. The quantitative estimate of drug-likeness (QED) is 0.406. The summed E-state index contributed by atoms with van der Waals surface area (Å²) in [4.78, 5) is 11.6. The Balaban J connectivity index is 1.99. The zero-order valence-electron chi connectivity index (χ0n) is 10.8. The third-order valence-corrected chi connectivity index (χ3v) is 5.33. The van der Waals surface area contributed by atoms with E-state index in [1.165, 1.54) is 5.57 Å². The zero-order chi connectivity index (χ0) is 13.1.